The summed E-state index contributed by atoms with van der Waals surface area (Å²) in [6.07, 6.45) is 0. The summed E-state index contributed by atoms with van der Waals surface area (Å²) in [5, 5.41) is 21.3. The maximum absolute atomic E-state index is 12.0. The number of nitrogens with one attached hydrogen (secondary N) is 1. The maximum atomic E-state index is 12.0. The van der Waals surface area contributed by atoms with Gasteiger partial charge in [0.05, 0.1) is 23.4 Å². The first kappa shape index (κ1) is 16.5. The zero-order valence-electron chi connectivity index (χ0n) is 11.5. The third-order valence-electron chi connectivity index (χ3n) is 2.42. The molecule has 0 bridgehead atoms. The second kappa shape index (κ2) is 6.23. The van der Waals surface area contributed by atoms with E-state index < -0.39 is 17.6 Å². The number of hydrogen-bond acceptors (Lipinski definition) is 3. The Morgan fingerprint density at radius 3 is 2.50 bits per heavy atom. The van der Waals surface area contributed by atoms with Crippen molar-refractivity contribution in [3.63, 3.8) is 0 Å². The smallest absolute Gasteiger partial charge is 0.337 e. The number of nitrogens with zero attached hydrogens (tertiary/aromatic N) is 1. The van der Waals surface area contributed by atoms with Crippen LogP contribution in [0.15, 0.2) is 22.7 Å². The minimum Gasteiger partial charge on any atom is -0.478 e. The molecule has 0 saturated carbocycles. The molecule has 2 amide bonds. The van der Waals surface area contributed by atoms with Crippen LogP contribution in [0.5, 0.6) is 0 Å². The minimum atomic E-state index is -1.13. The molecule has 1 rings (SSSR count). The van der Waals surface area contributed by atoms with E-state index in [4.69, 9.17) is 5.11 Å². The summed E-state index contributed by atoms with van der Waals surface area (Å²) in [4.78, 5) is 24.3. The molecule has 0 radical (unpaired) electrons. The molecule has 0 atom stereocenters. The van der Waals surface area contributed by atoms with E-state index in [1.807, 2.05) is 0 Å². The van der Waals surface area contributed by atoms with E-state index >= 15 is 0 Å². The normalized spacial score (nSPS) is 11.1. The zero-order chi connectivity index (χ0) is 15.5. The second-order valence-electron chi connectivity index (χ2n) is 5.09. The summed E-state index contributed by atoms with van der Waals surface area (Å²) in [7, 11) is 1.52. The number of halogens is 1. The first-order chi connectivity index (χ1) is 9.10. The van der Waals surface area contributed by atoms with E-state index in [9.17, 15) is 14.7 Å². The van der Waals surface area contributed by atoms with Gasteiger partial charge in [-0.15, -0.1) is 0 Å². The van der Waals surface area contributed by atoms with E-state index in [1.165, 1.54) is 24.1 Å². The van der Waals surface area contributed by atoms with Gasteiger partial charge in [-0.1, -0.05) is 15.9 Å². The number of carboxylic acids is 1. The van der Waals surface area contributed by atoms with E-state index in [2.05, 4.69) is 21.2 Å². The van der Waals surface area contributed by atoms with E-state index in [0.29, 0.717) is 4.47 Å². The zero-order valence-corrected chi connectivity index (χ0v) is 13.1. The molecule has 1 aromatic carbocycles. The van der Waals surface area contributed by atoms with Gasteiger partial charge in [-0.05, 0) is 32.0 Å². The van der Waals surface area contributed by atoms with Crippen LogP contribution in [0.3, 0.4) is 0 Å². The number of likely N-dealkylation sites (N-methyl/N-ethyl adjacent to an activating group) is 1. The Hall–Kier alpha value is -1.60. The largest absolute Gasteiger partial charge is 0.478 e. The van der Waals surface area contributed by atoms with E-state index in [0.717, 1.165) is 0 Å². The lowest BCUT2D eigenvalue weighted by molar-refractivity contribution is 0.0550. The number of amides is 2. The summed E-state index contributed by atoms with van der Waals surface area (Å²) in [6.45, 7) is 3.28. The molecule has 0 aliphatic rings. The number of carbonyl (C=O) groups excluding carboxylic acids is 1. The molecular formula is C13H17BrN2O4. The van der Waals surface area contributed by atoms with Gasteiger partial charge in [-0.2, -0.15) is 0 Å². The molecule has 0 aromatic heterocycles. The summed E-state index contributed by atoms with van der Waals surface area (Å²) in [6, 6.07) is 4.00. The topological polar surface area (TPSA) is 89.9 Å². The Labute approximate surface area is 125 Å². The van der Waals surface area contributed by atoms with Crippen LogP contribution >= 0.6 is 15.9 Å². The molecule has 20 heavy (non-hydrogen) atoms. The lowest BCUT2D eigenvalue weighted by atomic mass is 10.1. The lowest BCUT2D eigenvalue weighted by Crippen LogP contribution is -2.41. The number of anilines is 1. The number of carboxylic acid groups (broad SMARTS) is 1. The fraction of sp³-hybridized carbons (Fsp3) is 0.385. The molecule has 0 fully saturated rings. The van der Waals surface area contributed by atoms with Gasteiger partial charge >= 0.3 is 12.0 Å². The number of benzene rings is 1. The molecular weight excluding hydrogens is 328 g/mol. The molecule has 0 aliphatic heterocycles. The number of carbonyl (C=O) groups is 2. The minimum absolute atomic E-state index is 0.00166. The molecule has 6 nitrogen and oxygen atoms in total. The first-order valence-corrected chi connectivity index (χ1v) is 6.67. The van der Waals surface area contributed by atoms with Crippen molar-refractivity contribution in [3.8, 4) is 0 Å². The Kier molecular flexibility index (Phi) is 5.13. The lowest BCUT2D eigenvalue weighted by Gasteiger charge is -2.26. The highest BCUT2D eigenvalue weighted by Crippen LogP contribution is 2.22. The van der Waals surface area contributed by atoms with Crippen LogP contribution in [0.25, 0.3) is 0 Å². The van der Waals surface area contributed by atoms with Crippen molar-refractivity contribution in [1.82, 2.24) is 4.90 Å². The molecule has 7 heteroatoms. The van der Waals surface area contributed by atoms with Gasteiger partial charge in [0.2, 0.25) is 0 Å². The van der Waals surface area contributed by atoms with Crippen LogP contribution in [-0.4, -0.2) is 46.3 Å². The van der Waals surface area contributed by atoms with Crippen molar-refractivity contribution in [2.75, 3.05) is 18.9 Å². The van der Waals surface area contributed by atoms with Gasteiger partial charge in [0.25, 0.3) is 0 Å². The Balaban J connectivity index is 2.90. The quantitative estimate of drug-likeness (QED) is 0.782. The second-order valence-corrected chi connectivity index (χ2v) is 6.01. The standard InChI is InChI=1S/C13H17BrN2O4/c1-13(2,20)7-16(3)12(19)15-10-6-8(14)4-5-9(10)11(17)18/h4-6,20H,7H2,1-3H3,(H,15,19)(H,17,18). The summed E-state index contributed by atoms with van der Waals surface area (Å²) >= 11 is 3.22. The number of aliphatic hydroxyl groups is 1. The molecule has 0 unspecified atom stereocenters. The van der Waals surface area contributed by atoms with Crippen LogP contribution in [0.1, 0.15) is 24.2 Å². The Morgan fingerprint density at radius 1 is 1.40 bits per heavy atom. The van der Waals surface area contributed by atoms with Crippen molar-refractivity contribution >= 4 is 33.6 Å². The van der Waals surface area contributed by atoms with Gasteiger partial charge in [0.15, 0.2) is 0 Å². The number of hydrogen-bond donors (Lipinski definition) is 3. The summed E-state index contributed by atoms with van der Waals surface area (Å²) < 4.78 is 0.656. The Morgan fingerprint density at radius 2 is 2.00 bits per heavy atom. The maximum Gasteiger partial charge on any atom is 0.337 e. The molecule has 0 spiro atoms. The van der Waals surface area contributed by atoms with Crippen LogP contribution in [-0.2, 0) is 0 Å². The third kappa shape index (κ3) is 4.82. The molecule has 0 aliphatic carbocycles. The van der Waals surface area contributed by atoms with Crippen LogP contribution in [0.4, 0.5) is 10.5 Å². The summed E-state index contributed by atoms with van der Waals surface area (Å²) in [5.41, 5.74) is -0.836. The first-order valence-electron chi connectivity index (χ1n) is 5.87. The number of rotatable bonds is 4. The van der Waals surface area contributed by atoms with Crippen LogP contribution < -0.4 is 5.32 Å². The van der Waals surface area contributed by atoms with Crippen molar-refractivity contribution in [2.45, 2.75) is 19.4 Å². The number of aromatic carboxylic acids is 1. The molecule has 3 N–H and O–H groups in total. The van der Waals surface area contributed by atoms with Gasteiger partial charge < -0.3 is 20.4 Å². The molecule has 0 heterocycles. The highest BCUT2D eigenvalue weighted by Gasteiger charge is 2.20. The van der Waals surface area contributed by atoms with Crippen LogP contribution in [0, 0.1) is 0 Å². The van der Waals surface area contributed by atoms with E-state index in [-0.39, 0.29) is 17.8 Å². The molecule has 0 saturated heterocycles. The van der Waals surface area contributed by atoms with E-state index in [1.54, 1.807) is 19.9 Å². The average Bonchev–Trinajstić information content (AvgIpc) is 2.26. The van der Waals surface area contributed by atoms with Crippen LogP contribution in [0.2, 0.25) is 0 Å². The highest BCUT2D eigenvalue weighted by atomic mass is 79.9. The van der Waals surface area contributed by atoms with Crippen molar-refractivity contribution in [3.05, 3.63) is 28.2 Å². The van der Waals surface area contributed by atoms with Gasteiger partial charge in [0.1, 0.15) is 0 Å². The Bertz CT molecular complexity index is 526. The van der Waals surface area contributed by atoms with Gasteiger partial charge in [0, 0.05) is 11.5 Å². The average molecular weight is 345 g/mol. The molecule has 110 valence electrons. The highest BCUT2D eigenvalue weighted by molar-refractivity contribution is 9.10. The predicted molar refractivity (Wildman–Crippen MR) is 79.0 cm³/mol. The predicted octanol–water partition coefficient (Wildman–Crippen LogP) is 2.38. The fourth-order valence-corrected chi connectivity index (χ4v) is 2.03. The SMILES string of the molecule is CN(CC(C)(C)O)C(=O)Nc1cc(Br)ccc1C(=O)O. The fourth-order valence-electron chi connectivity index (χ4n) is 1.67. The monoisotopic (exact) mass is 344 g/mol. The third-order valence-corrected chi connectivity index (χ3v) is 2.92. The van der Waals surface area contributed by atoms with Crippen molar-refractivity contribution in [1.29, 1.82) is 0 Å². The summed E-state index contributed by atoms with van der Waals surface area (Å²) in [5.74, 6) is -1.13. The molecule has 1 aromatic rings. The van der Waals surface area contributed by atoms with Gasteiger partial charge in [-0.3, -0.25) is 0 Å². The van der Waals surface area contributed by atoms with Crippen molar-refractivity contribution < 1.29 is 19.8 Å². The van der Waals surface area contributed by atoms with Crippen molar-refractivity contribution in [2.24, 2.45) is 0 Å². The van der Waals surface area contributed by atoms with Gasteiger partial charge in [-0.25, -0.2) is 9.59 Å². The number of urea groups is 1.